The molecule has 2 aromatic heterocycles. The van der Waals surface area contributed by atoms with E-state index in [0.717, 1.165) is 31.6 Å². The van der Waals surface area contributed by atoms with Gasteiger partial charge in [-0.2, -0.15) is 0 Å². The Bertz CT molecular complexity index is 1030. The van der Waals surface area contributed by atoms with Crippen molar-refractivity contribution < 1.29 is 19.1 Å². The van der Waals surface area contributed by atoms with Crippen LogP contribution in [0.2, 0.25) is 0 Å². The van der Waals surface area contributed by atoms with Gasteiger partial charge in [0.15, 0.2) is 18.2 Å². The fourth-order valence-electron chi connectivity index (χ4n) is 4.35. The molecule has 2 N–H and O–H groups in total. The molecule has 5 rings (SSSR count). The molecular weight excluding hydrogens is 400 g/mol. The van der Waals surface area contributed by atoms with Gasteiger partial charge in [-0.1, -0.05) is 0 Å². The molecule has 2 aliphatic heterocycles. The Balaban J connectivity index is 1.10. The van der Waals surface area contributed by atoms with Gasteiger partial charge in [0.2, 0.25) is 0 Å². The summed E-state index contributed by atoms with van der Waals surface area (Å²) in [6, 6.07) is 2.12. The molecule has 1 fully saturated rings. The zero-order chi connectivity index (χ0) is 21.4. The summed E-state index contributed by atoms with van der Waals surface area (Å²) >= 11 is 0. The number of fused-ring (bicyclic) bond motifs is 2. The highest BCUT2D eigenvalue weighted by atomic mass is 16.6. The van der Waals surface area contributed by atoms with Crippen molar-refractivity contribution in [2.75, 3.05) is 36.5 Å². The Hall–Kier alpha value is -3.27. The molecule has 3 aliphatic rings. The Morgan fingerprint density at radius 1 is 1.29 bits per heavy atom. The number of aryl methyl sites for hydroxylation is 1. The normalized spacial score (nSPS) is 21.9. The zero-order valence-corrected chi connectivity index (χ0v) is 17.3. The quantitative estimate of drug-likeness (QED) is 0.665. The Kier molecular flexibility index (Phi) is 5.14. The lowest BCUT2D eigenvalue weighted by molar-refractivity contribution is -0.118. The second kappa shape index (κ2) is 8.10. The van der Waals surface area contributed by atoms with Gasteiger partial charge in [0, 0.05) is 11.9 Å². The van der Waals surface area contributed by atoms with Gasteiger partial charge in [0.1, 0.15) is 6.10 Å². The lowest BCUT2D eigenvalue weighted by atomic mass is 10.1. The average Bonchev–Trinajstić information content (AvgIpc) is 3.34. The largest absolute Gasteiger partial charge is 0.465 e. The fourth-order valence-corrected chi connectivity index (χ4v) is 4.35. The van der Waals surface area contributed by atoms with E-state index in [-0.39, 0.29) is 30.3 Å². The molecule has 31 heavy (non-hydrogen) atoms. The van der Waals surface area contributed by atoms with E-state index in [1.54, 1.807) is 0 Å². The number of aromatic nitrogens is 3. The van der Waals surface area contributed by atoms with Gasteiger partial charge < -0.3 is 20.1 Å². The third kappa shape index (κ3) is 4.02. The van der Waals surface area contributed by atoms with Crippen molar-refractivity contribution in [2.45, 2.75) is 32.3 Å². The number of carbonyl (C=O) groups is 2. The lowest BCUT2D eigenvalue weighted by Gasteiger charge is -2.18. The number of amides is 2. The number of nitrogens with zero attached hydrogens (tertiary/aromatic N) is 4. The molecular formula is C21H24N6O4. The minimum Gasteiger partial charge on any atom is -0.465 e. The number of anilines is 2. The van der Waals surface area contributed by atoms with E-state index in [0.29, 0.717) is 24.7 Å². The summed E-state index contributed by atoms with van der Waals surface area (Å²) in [4.78, 5) is 38.0. The second-order valence-electron chi connectivity index (χ2n) is 8.14. The van der Waals surface area contributed by atoms with E-state index < -0.39 is 6.09 Å². The molecule has 0 spiro atoms. The second-order valence-corrected chi connectivity index (χ2v) is 8.14. The number of nitrogens with one attached hydrogen (secondary N) is 2. The van der Waals surface area contributed by atoms with Gasteiger partial charge >= 0.3 is 6.09 Å². The standard InChI is InChI=1S/C21H24N6O4/c1-12-16-7-13(6-14(16)2-5-23-12)8-22-4-3-15-10-27(21(29)31-15)17-9-24-20-19(25-17)26-18(28)11-30-20/h2,5,9,13,15,22H,3-4,6-8,10-11H2,1H3,(H,25,26,28). The van der Waals surface area contributed by atoms with Crippen LogP contribution in [0.1, 0.15) is 23.2 Å². The maximum Gasteiger partial charge on any atom is 0.415 e. The topological polar surface area (TPSA) is 119 Å². The fraction of sp³-hybridized carbons (Fsp3) is 0.476. The number of rotatable bonds is 6. The Morgan fingerprint density at radius 3 is 3.06 bits per heavy atom. The average molecular weight is 424 g/mol. The van der Waals surface area contributed by atoms with Crippen LogP contribution in [0.5, 0.6) is 5.88 Å². The molecule has 2 atom stereocenters. The maximum absolute atomic E-state index is 12.3. The number of hydrogen-bond donors (Lipinski definition) is 2. The number of carbonyl (C=O) groups excluding carboxylic acids is 2. The minimum absolute atomic E-state index is 0.0920. The molecule has 10 heteroatoms. The molecule has 0 bridgehead atoms. The van der Waals surface area contributed by atoms with E-state index in [1.807, 2.05) is 6.20 Å². The molecule has 2 aromatic rings. The van der Waals surface area contributed by atoms with Crippen molar-refractivity contribution in [2.24, 2.45) is 5.92 Å². The first-order chi connectivity index (χ1) is 15.1. The highest BCUT2D eigenvalue weighted by molar-refractivity contribution is 5.94. The molecule has 10 nitrogen and oxygen atoms in total. The maximum atomic E-state index is 12.3. The number of ether oxygens (including phenoxy) is 2. The van der Waals surface area contributed by atoms with Gasteiger partial charge in [-0.25, -0.2) is 14.8 Å². The van der Waals surface area contributed by atoms with Crippen molar-refractivity contribution in [1.29, 1.82) is 0 Å². The summed E-state index contributed by atoms with van der Waals surface area (Å²) in [5, 5.41) is 6.10. The third-order valence-corrected chi connectivity index (χ3v) is 5.92. The highest BCUT2D eigenvalue weighted by Crippen LogP contribution is 2.29. The molecule has 162 valence electrons. The molecule has 2 unspecified atom stereocenters. The van der Waals surface area contributed by atoms with E-state index >= 15 is 0 Å². The first-order valence-electron chi connectivity index (χ1n) is 10.5. The van der Waals surface area contributed by atoms with Crippen LogP contribution in [0.15, 0.2) is 18.5 Å². The molecule has 0 aromatic carbocycles. The van der Waals surface area contributed by atoms with Crippen LogP contribution in [0.25, 0.3) is 0 Å². The summed E-state index contributed by atoms with van der Waals surface area (Å²) in [5.74, 6) is 1.07. The van der Waals surface area contributed by atoms with E-state index in [1.165, 1.54) is 22.2 Å². The monoisotopic (exact) mass is 424 g/mol. The van der Waals surface area contributed by atoms with Crippen molar-refractivity contribution in [1.82, 2.24) is 20.3 Å². The first-order valence-corrected chi connectivity index (χ1v) is 10.5. The van der Waals surface area contributed by atoms with Crippen molar-refractivity contribution >= 4 is 23.6 Å². The third-order valence-electron chi connectivity index (χ3n) is 5.92. The summed E-state index contributed by atoms with van der Waals surface area (Å²) in [6.45, 7) is 4.06. The summed E-state index contributed by atoms with van der Waals surface area (Å²) in [7, 11) is 0. The van der Waals surface area contributed by atoms with Gasteiger partial charge in [-0.05, 0) is 62.4 Å². The van der Waals surface area contributed by atoms with E-state index in [9.17, 15) is 9.59 Å². The molecule has 2 amide bonds. The Labute approximate surface area is 179 Å². The summed E-state index contributed by atoms with van der Waals surface area (Å²) < 4.78 is 10.7. The summed E-state index contributed by atoms with van der Waals surface area (Å²) in [5.41, 5.74) is 3.93. The van der Waals surface area contributed by atoms with Crippen LogP contribution in [0.3, 0.4) is 0 Å². The summed E-state index contributed by atoms with van der Waals surface area (Å²) in [6.07, 6.45) is 5.50. The number of hydrogen-bond acceptors (Lipinski definition) is 8. The van der Waals surface area contributed by atoms with Gasteiger partial charge in [-0.15, -0.1) is 0 Å². The van der Waals surface area contributed by atoms with Crippen LogP contribution >= 0.6 is 0 Å². The molecule has 0 saturated carbocycles. The van der Waals surface area contributed by atoms with Crippen molar-refractivity contribution in [3.8, 4) is 5.88 Å². The first kappa shape index (κ1) is 19.7. The van der Waals surface area contributed by atoms with Crippen molar-refractivity contribution in [3.05, 3.63) is 35.3 Å². The number of pyridine rings is 1. The SMILES string of the molecule is Cc1nccc2c1CC(CNCCC1CN(c3cnc4c(n3)NC(=O)CO4)C(=O)O1)C2. The van der Waals surface area contributed by atoms with Crippen LogP contribution < -0.4 is 20.3 Å². The van der Waals surface area contributed by atoms with E-state index in [4.69, 9.17) is 9.47 Å². The smallest absolute Gasteiger partial charge is 0.415 e. The zero-order valence-electron chi connectivity index (χ0n) is 17.3. The minimum atomic E-state index is -0.462. The highest BCUT2D eigenvalue weighted by Gasteiger charge is 2.34. The molecule has 0 radical (unpaired) electrons. The van der Waals surface area contributed by atoms with Crippen LogP contribution in [0, 0.1) is 12.8 Å². The van der Waals surface area contributed by atoms with Crippen LogP contribution in [-0.2, 0) is 22.4 Å². The van der Waals surface area contributed by atoms with Crippen molar-refractivity contribution in [3.63, 3.8) is 0 Å². The molecule has 1 saturated heterocycles. The molecule has 4 heterocycles. The predicted octanol–water partition coefficient (Wildman–Crippen LogP) is 1.23. The van der Waals surface area contributed by atoms with Gasteiger partial charge in [0.25, 0.3) is 11.8 Å². The van der Waals surface area contributed by atoms with Crippen LogP contribution in [0.4, 0.5) is 16.4 Å². The molecule has 1 aliphatic carbocycles. The predicted molar refractivity (Wildman–Crippen MR) is 111 cm³/mol. The number of cyclic esters (lactones) is 1. The lowest BCUT2D eigenvalue weighted by Crippen LogP contribution is -2.30. The van der Waals surface area contributed by atoms with Gasteiger partial charge in [-0.3, -0.25) is 14.7 Å². The van der Waals surface area contributed by atoms with Gasteiger partial charge in [0.05, 0.1) is 12.7 Å². The van der Waals surface area contributed by atoms with E-state index in [2.05, 4.69) is 38.6 Å². The Morgan fingerprint density at radius 2 is 2.19 bits per heavy atom. The van der Waals surface area contributed by atoms with Crippen LogP contribution in [-0.4, -0.2) is 59.3 Å².